The summed E-state index contributed by atoms with van der Waals surface area (Å²) in [5, 5.41) is 7.32. The van der Waals surface area contributed by atoms with Crippen molar-refractivity contribution in [3.63, 3.8) is 0 Å². The number of carbonyl (C=O) groups is 2. The lowest BCUT2D eigenvalue weighted by Crippen LogP contribution is -2.23. The minimum atomic E-state index is -0.763. The van der Waals surface area contributed by atoms with Crippen molar-refractivity contribution in [1.82, 2.24) is 0 Å². The zero-order valence-electron chi connectivity index (χ0n) is 13.2. The maximum atomic E-state index is 11.4. The molecule has 0 atom stereocenters. The molecule has 0 fully saturated rings. The van der Waals surface area contributed by atoms with E-state index in [1.165, 1.54) is 6.92 Å². The first kappa shape index (κ1) is 18.7. The summed E-state index contributed by atoms with van der Waals surface area (Å²) >= 11 is 0. The number of carbonyl (C=O) groups excluding carboxylic acids is 2. The van der Waals surface area contributed by atoms with Crippen LogP contribution < -0.4 is 9.47 Å². The first-order chi connectivity index (χ1) is 11.7. The average molecular weight is 327 g/mol. The van der Waals surface area contributed by atoms with E-state index < -0.39 is 11.9 Å². The van der Waals surface area contributed by atoms with Gasteiger partial charge in [-0.25, -0.2) is 9.59 Å². The average Bonchev–Trinajstić information content (AvgIpc) is 2.61. The van der Waals surface area contributed by atoms with E-state index in [1.807, 2.05) is 12.1 Å². The minimum Gasteiger partial charge on any atom is -0.482 e. The maximum Gasteiger partial charge on any atom is 0.351 e. The van der Waals surface area contributed by atoms with Gasteiger partial charge in [0.25, 0.3) is 0 Å². The third kappa shape index (κ3) is 8.20. The Bertz CT molecular complexity index is 611. The van der Waals surface area contributed by atoms with E-state index >= 15 is 0 Å². The molecule has 0 unspecified atom stereocenters. The summed E-state index contributed by atoms with van der Waals surface area (Å²) in [6.07, 6.45) is 0. The van der Waals surface area contributed by atoms with Crippen LogP contribution in [0.1, 0.15) is 6.92 Å². The number of esters is 2. The second-order valence-electron chi connectivity index (χ2n) is 4.27. The van der Waals surface area contributed by atoms with Crippen LogP contribution in [0.4, 0.5) is 0 Å². The Kier molecular flexibility index (Phi) is 8.79. The second-order valence-corrected chi connectivity index (χ2v) is 4.27. The topological polar surface area (TPSA) is 85.6 Å². The number of rotatable bonds is 6. The van der Waals surface area contributed by atoms with Crippen LogP contribution in [0.3, 0.4) is 0 Å². The summed E-state index contributed by atoms with van der Waals surface area (Å²) < 4.78 is 14.9. The Balaban J connectivity index is 0.000000891. The third-order valence-electron chi connectivity index (χ3n) is 2.43. The van der Waals surface area contributed by atoms with E-state index in [1.54, 1.807) is 54.6 Å². The zero-order valence-corrected chi connectivity index (χ0v) is 13.2. The molecule has 6 heteroatoms. The van der Waals surface area contributed by atoms with Crippen molar-refractivity contribution in [3.8, 4) is 17.6 Å². The van der Waals surface area contributed by atoms with Gasteiger partial charge in [-0.05, 0) is 24.3 Å². The number of hydrogen-bond acceptors (Lipinski definition) is 6. The lowest BCUT2D eigenvalue weighted by Gasteiger charge is -2.07. The predicted molar refractivity (Wildman–Crippen MR) is 86.3 cm³/mol. The molecule has 0 bridgehead atoms. The molecule has 2 aromatic carbocycles. The molecule has 0 aliphatic heterocycles. The first-order valence-electron chi connectivity index (χ1n) is 7.05. The van der Waals surface area contributed by atoms with Crippen LogP contribution in [0.15, 0.2) is 60.7 Å². The SMILES string of the molecule is CC#N.O=C(COc1ccccc1)OC(=O)COc1ccccc1. The number of nitrogens with zero attached hydrogens (tertiary/aromatic N) is 1. The van der Waals surface area contributed by atoms with Gasteiger partial charge in [-0.3, -0.25) is 0 Å². The highest BCUT2D eigenvalue weighted by Crippen LogP contribution is 2.09. The highest BCUT2D eigenvalue weighted by atomic mass is 16.6. The Morgan fingerprint density at radius 3 is 1.50 bits per heavy atom. The molecule has 0 aromatic heterocycles. The van der Waals surface area contributed by atoms with Crippen molar-refractivity contribution in [3.05, 3.63) is 60.7 Å². The van der Waals surface area contributed by atoms with E-state index in [2.05, 4.69) is 4.74 Å². The number of ether oxygens (including phenoxy) is 3. The summed E-state index contributed by atoms with van der Waals surface area (Å²) in [6, 6.07) is 19.3. The molecule has 0 saturated heterocycles. The van der Waals surface area contributed by atoms with Gasteiger partial charge in [-0.15, -0.1) is 0 Å². The summed E-state index contributed by atoms with van der Waals surface area (Å²) in [4.78, 5) is 22.8. The van der Waals surface area contributed by atoms with Gasteiger partial charge in [0, 0.05) is 6.92 Å². The molecule has 0 radical (unpaired) electrons. The summed E-state index contributed by atoms with van der Waals surface area (Å²) in [6.45, 7) is 0.766. The van der Waals surface area contributed by atoms with Gasteiger partial charge < -0.3 is 14.2 Å². The van der Waals surface area contributed by atoms with Crippen molar-refractivity contribution in [2.24, 2.45) is 0 Å². The molecule has 0 heterocycles. The van der Waals surface area contributed by atoms with E-state index in [4.69, 9.17) is 14.7 Å². The van der Waals surface area contributed by atoms with Crippen molar-refractivity contribution in [2.75, 3.05) is 13.2 Å². The van der Waals surface area contributed by atoms with Crippen molar-refractivity contribution >= 4 is 11.9 Å². The quantitative estimate of drug-likeness (QED) is 0.599. The molecule has 0 saturated carbocycles. The Hall–Kier alpha value is -3.33. The lowest BCUT2D eigenvalue weighted by atomic mass is 10.3. The monoisotopic (exact) mass is 327 g/mol. The molecule has 0 aliphatic carbocycles. The van der Waals surface area contributed by atoms with Crippen molar-refractivity contribution in [1.29, 1.82) is 5.26 Å². The molecule has 2 aromatic rings. The molecular weight excluding hydrogens is 310 g/mol. The Morgan fingerprint density at radius 2 is 1.17 bits per heavy atom. The van der Waals surface area contributed by atoms with Crippen molar-refractivity contribution in [2.45, 2.75) is 6.92 Å². The molecule has 0 amide bonds. The van der Waals surface area contributed by atoms with Gasteiger partial charge in [0.2, 0.25) is 0 Å². The molecule has 24 heavy (non-hydrogen) atoms. The summed E-state index contributed by atoms with van der Waals surface area (Å²) in [5.74, 6) is -0.467. The largest absolute Gasteiger partial charge is 0.482 e. The first-order valence-corrected chi connectivity index (χ1v) is 7.05. The Morgan fingerprint density at radius 1 is 0.833 bits per heavy atom. The van der Waals surface area contributed by atoms with E-state index in [-0.39, 0.29) is 13.2 Å². The molecule has 0 N–H and O–H groups in total. The van der Waals surface area contributed by atoms with Crippen LogP contribution in [0.25, 0.3) is 0 Å². The fourth-order valence-corrected chi connectivity index (χ4v) is 1.50. The molecule has 124 valence electrons. The van der Waals surface area contributed by atoms with Crippen LogP contribution in [0.2, 0.25) is 0 Å². The lowest BCUT2D eigenvalue weighted by molar-refractivity contribution is -0.162. The standard InChI is InChI=1S/C16H14O5.C2H3N/c17-15(11-19-13-7-3-1-4-8-13)21-16(18)12-20-14-9-5-2-6-10-14;1-2-3/h1-10H,11-12H2;1H3. The molecular formula is C18H17NO5. The maximum absolute atomic E-state index is 11.4. The number of para-hydroxylation sites is 2. The van der Waals surface area contributed by atoms with Gasteiger partial charge in [-0.1, -0.05) is 36.4 Å². The summed E-state index contributed by atoms with van der Waals surface area (Å²) in [7, 11) is 0. The molecule has 0 spiro atoms. The zero-order chi connectivity index (χ0) is 17.6. The van der Waals surface area contributed by atoms with E-state index in [0.29, 0.717) is 11.5 Å². The van der Waals surface area contributed by atoms with Crippen LogP contribution in [-0.4, -0.2) is 25.2 Å². The normalized spacial score (nSPS) is 8.83. The van der Waals surface area contributed by atoms with Gasteiger partial charge in [0.1, 0.15) is 11.5 Å². The number of hydrogen-bond donors (Lipinski definition) is 0. The highest BCUT2D eigenvalue weighted by Gasteiger charge is 2.12. The van der Waals surface area contributed by atoms with Crippen molar-refractivity contribution < 1.29 is 23.8 Å². The van der Waals surface area contributed by atoms with Crippen LogP contribution in [0.5, 0.6) is 11.5 Å². The molecule has 6 nitrogen and oxygen atoms in total. The third-order valence-corrected chi connectivity index (χ3v) is 2.43. The van der Waals surface area contributed by atoms with Gasteiger partial charge in [-0.2, -0.15) is 5.26 Å². The summed E-state index contributed by atoms with van der Waals surface area (Å²) in [5.41, 5.74) is 0. The smallest absolute Gasteiger partial charge is 0.351 e. The van der Waals surface area contributed by atoms with Gasteiger partial charge in [0.15, 0.2) is 13.2 Å². The second kappa shape index (κ2) is 11.3. The molecule has 0 aliphatic rings. The fraction of sp³-hybridized carbons (Fsp3) is 0.167. The predicted octanol–water partition coefficient (Wildman–Crippen LogP) is 2.74. The van der Waals surface area contributed by atoms with Gasteiger partial charge in [0.05, 0.1) is 6.07 Å². The number of benzene rings is 2. The van der Waals surface area contributed by atoms with Crippen LogP contribution >= 0.6 is 0 Å². The Labute approximate surface area is 140 Å². The fourth-order valence-electron chi connectivity index (χ4n) is 1.50. The minimum absolute atomic E-state index is 0.332. The van der Waals surface area contributed by atoms with E-state index in [9.17, 15) is 9.59 Å². The number of nitriles is 1. The van der Waals surface area contributed by atoms with Gasteiger partial charge >= 0.3 is 11.9 Å². The highest BCUT2D eigenvalue weighted by molar-refractivity contribution is 5.86. The van der Waals surface area contributed by atoms with Crippen LogP contribution in [0, 0.1) is 11.3 Å². The molecule has 2 rings (SSSR count). The van der Waals surface area contributed by atoms with Crippen LogP contribution in [-0.2, 0) is 14.3 Å². The van der Waals surface area contributed by atoms with E-state index in [0.717, 1.165) is 0 Å².